The number of hydrogen-bond acceptors (Lipinski definition) is 4. The fourth-order valence-electron chi connectivity index (χ4n) is 1.49. The molecule has 0 saturated heterocycles. The van der Waals surface area contributed by atoms with Gasteiger partial charge in [-0.3, -0.25) is 19.6 Å². The number of hydrogen-bond donors (Lipinski definition) is 1. The maximum Gasteiger partial charge on any atom is 0.309 e. The van der Waals surface area contributed by atoms with Crippen LogP contribution in [0.5, 0.6) is 0 Å². The predicted molar refractivity (Wildman–Crippen MR) is 61.6 cm³/mol. The molecule has 0 fully saturated rings. The molecule has 0 saturated carbocycles. The molecule has 7 nitrogen and oxygen atoms in total. The largest absolute Gasteiger partial charge is 0.354 e. The van der Waals surface area contributed by atoms with E-state index in [-0.39, 0.29) is 11.6 Å². The van der Waals surface area contributed by atoms with Crippen LogP contribution in [0.25, 0.3) is 0 Å². The van der Waals surface area contributed by atoms with Crippen LogP contribution in [0, 0.1) is 17.0 Å². The first-order chi connectivity index (χ1) is 7.99. The van der Waals surface area contributed by atoms with E-state index in [0.717, 1.165) is 6.42 Å². The lowest BCUT2D eigenvalue weighted by atomic mass is 10.3. The Morgan fingerprint density at radius 2 is 2.35 bits per heavy atom. The smallest absolute Gasteiger partial charge is 0.309 e. The highest BCUT2D eigenvalue weighted by atomic mass is 16.6. The lowest BCUT2D eigenvalue weighted by Crippen LogP contribution is -2.32. The van der Waals surface area contributed by atoms with Crippen molar-refractivity contribution in [1.82, 2.24) is 15.1 Å². The van der Waals surface area contributed by atoms with Crippen molar-refractivity contribution >= 4 is 11.6 Å². The third-order valence-corrected chi connectivity index (χ3v) is 2.51. The standard InChI is InChI=1S/C10H16N4O3/c1-4-5-11-10(15)8(3)13-7(2)9(6-12-13)14(16)17/h6,8H,4-5H2,1-3H3,(H,11,15). The molecule has 1 unspecified atom stereocenters. The highest BCUT2D eigenvalue weighted by Crippen LogP contribution is 2.19. The Labute approximate surface area is 99.0 Å². The summed E-state index contributed by atoms with van der Waals surface area (Å²) < 4.78 is 1.36. The van der Waals surface area contributed by atoms with E-state index in [2.05, 4.69) is 10.4 Å². The van der Waals surface area contributed by atoms with Gasteiger partial charge in [0.05, 0.1) is 4.92 Å². The summed E-state index contributed by atoms with van der Waals surface area (Å²) in [6, 6.07) is -0.546. The number of aromatic nitrogens is 2. The number of carbonyl (C=O) groups is 1. The Balaban J connectivity index is 2.86. The van der Waals surface area contributed by atoms with Gasteiger partial charge in [0.2, 0.25) is 5.91 Å². The zero-order chi connectivity index (χ0) is 13.0. The highest BCUT2D eigenvalue weighted by Gasteiger charge is 2.23. The molecule has 0 spiro atoms. The molecular weight excluding hydrogens is 224 g/mol. The molecule has 0 aliphatic rings. The SMILES string of the molecule is CCCNC(=O)C(C)n1ncc([N+](=O)[O-])c1C. The molecule has 0 bridgehead atoms. The zero-order valence-electron chi connectivity index (χ0n) is 10.1. The number of nitro groups is 1. The Morgan fingerprint density at radius 1 is 1.71 bits per heavy atom. The van der Waals surface area contributed by atoms with Crippen molar-refractivity contribution in [2.75, 3.05) is 6.54 Å². The van der Waals surface area contributed by atoms with E-state index in [4.69, 9.17) is 0 Å². The molecule has 1 aromatic heterocycles. The van der Waals surface area contributed by atoms with E-state index in [1.54, 1.807) is 13.8 Å². The van der Waals surface area contributed by atoms with Crippen molar-refractivity contribution in [2.45, 2.75) is 33.2 Å². The van der Waals surface area contributed by atoms with Crippen LogP contribution >= 0.6 is 0 Å². The Kier molecular flexibility index (Phi) is 4.19. The second-order valence-corrected chi connectivity index (χ2v) is 3.78. The average molecular weight is 240 g/mol. The topological polar surface area (TPSA) is 90.1 Å². The van der Waals surface area contributed by atoms with E-state index in [1.165, 1.54) is 10.9 Å². The predicted octanol–water partition coefficient (Wildman–Crippen LogP) is 1.19. The van der Waals surface area contributed by atoms with Crippen LogP contribution in [0.3, 0.4) is 0 Å². The molecule has 0 aromatic carbocycles. The normalized spacial score (nSPS) is 12.2. The number of rotatable bonds is 5. The van der Waals surface area contributed by atoms with Crippen LogP contribution in [-0.4, -0.2) is 27.2 Å². The molecule has 1 amide bonds. The Bertz CT molecular complexity index is 427. The van der Waals surface area contributed by atoms with Gasteiger partial charge in [0.15, 0.2) is 0 Å². The molecule has 17 heavy (non-hydrogen) atoms. The maximum absolute atomic E-state index is 11.7. The van der Waals surface area contributed by atoms with Gasteiger partial charge < -0.3 is 5.32 Å². The summed E-state index contributed by atoms with van der Waals surface area (Å²) in [5.74, 6) is -0.187. The van der Waals surface area contributed by atoms with Gasteiger partial charge >= 0.3 is 5.69 Å². The average Bonchev–Trinajstić information content (AvgIpc) is 2.67. The summed E-state index contributed by atoms with van der Waals surface area (Å²) in [5.41, 5.74) is 0.314. The molecule has 94 valence electrons. The van der Waals surface area contributed by atoms with Gasteiger partial charge in [-0.1, -0.05) is 6.92 Å². The summed E-state index contributed by atoms with van der Waals surface area (Å²) >= 11 is 0. The molecule has 1 atom stereocenters. The molecule has 1 heterocycles. The number of nitrogens with zero attached hydrogens (tertiary/aromatic N) is 3. The molecule has 1 N–H and O–H groups in total. The van der Waals surface area contributed by atoms with Crippen LogP contribution < -0.4 is 5.32 Å². The van der Waals surface area contributed by atoms with Gasteiger partial charge in [0.1, 0.15) is 17.9 Å². The zero-order valence-corrected chi connectivity index (χ0v) is 10.1. The minimum Gasteiger partial charge on any atom is -0.354 e. The molecule has 0 aliphatic heterocycles. The molecule has 1 aromatic rings. The molecule has 0 aliphatic carbocycles. The van der Waals surface area contributed by atoms with Crippen molar-refractivity contribution in [3.63, 3.8) is 0 Å². The lowest BCUT2D eigenvalue weighted by molar-refractivity contribution is -0.385. The minimum atomic E-state index is -0.546. The number of amides is 1. The Morgan fingerprint density at radius 3 is 2.82 bits per heavy atom. The second-order valence-electron chi connectivity index (χ2n) is 3.78. The van der Waals surface area contributed by atoms with Gasteiger partial charge in [-0.25, -0.2) is 0 Å². The van der Waals surface area contributed by atoms with Crippen LogP contribution in [0.4, 0.5) is 5.69 Å². The third kappa shape index (κ3) is 2.80. The van der Waals surface area contributed by atoms with Crippen LogP contribution in [0.1, 0.15) is 32.0 Å². The molecular formula is C10H16N4O3. The fraction of sp³-hybridized carbons (Fsp3) is 0.600. The summed E-state index contributed by atoms with van der Waals surface area (Å²) in [5, 5.41) is 17.3. The molecule has 1 rings (SSSR count). The molecule has 7 heteroatoms. The summed E-state index contributed by atoms with van der Waals surface area (Å²) in [7, 11) is 0. The summed E-state index contributed by atoms with van der Waals surface area (Å²) in [6.45, 7) is 5.78. The minimum absolute atomic E-state index is 0.0693. The first-order valence-corrected chi connectivity index (χ1v) is 5.45. The monoisotopic (exact) mass is 240 g/mol. The maximum atomic E-state index is 11.7. The van der Waals surface area contributed by atoms with Gasteiger partial charge in [-0.2, -0.15) is 5.10 Å². The van der Waals surface area contributed by atoms with Crippen LogP contribution in [0.15, 0.2) is 6.20 Å². The van der Waals surface area contributed by atoms with Crippen molar-refractivity contribution in [1.29, 1.82) is 0 Å². The summed E-state index contributed by atoms with van der Waals surface area (Å²) in [6.07, 6.45) is 2.01. The van der Waals surface area contributed by atoms with E-state index in [9.17, 15) is 14.9 Å². The molecule has 0 radical (unpaired) electrons. The second kappa shape index (κ2) is 5.42. The van der Waals surface area contributed by atoms with Gasteiger partial charge in [0.25, 0.3) is 0 Å². The Hall–Kier alpha value is -1.92. The first-order valence-electron chi connectivity index (χ1n) is 5.45. The van der Waals surface area contributed by atoms with Crippen molar-refractivity contribution < 1.29 is 9.72 Å². The number of nitrogens with one attached hydrogen (secondary N) is 1. The van der Waals surface area contributed by atoms with Gasteiger partial charge in [0, 0.05) is 6.54 Å². The highest BCUT2D eigenvalue weighted by molar-refractivity contribution is 5.79. The van der Waals surface area contributed by atoms with Crippen LogP contribution in [0.2, 0.25) is 0 Å². The van der Waals surface area contributed by atoms with E-state index in [1.807, 2.05) is 6.92 Å². The lowest BCUT2D eigenvalue weighted by Gasteiger charge is -2.13. The van der Waals surface area contributed by atoms with Gasteiger partial charge in [-0.05, 0) is 20.3 Å². The van der Waals surface area contributed by atoms with E-state index < -0.39 is 11.0 Å². The summed E-state index contributed by atoms with van der Waals surface area (Å²) in [4.78, 5) is 21.8. The fourth-order valence-corrected chi connectivity index (χ4v) is 1.49. The number of carbonyl (C=O) groups excluding carboxylic acids is 1. The van der Waals surface area contributed by atoms with Crippen molar-refractivity contribution in [2.24, 2.45) is 0 Å². The van der Waals surface area contributed by atoms with E-state index in [0.29, 0.717) is 12.2 Å². The van der Waals surface area contributed by atoms with Crippen molar-refractivity contribution in [3.05, 3.63) is 22.0 Å². The van der Waals surface area contributed by atoms with Crippen molar-refractivity contribution in [3.8, 4) is 0 Å². The van der Waals surface area contributed by atoms with Gasteiger partial charge in [-0.15, -0.1) is 0 Å². The van der Waals surface area contributed by atoms with E-state index >= 15 is 0 Å². The van der Waals surface area contributed by atoms with Crippen LogP contribution in [-0.2, 0) is 4.79 Å². The first kappa shape index (κ1) is 13.1. The quantitative estimate of drug-likeness (QED) is 0.618. The third-order valence-electron chi connectivity index (χ3n) is 2.51.